The van der Waals surface area contributed by atoms with Crippen molar-refractivity contribution in [1.82, 2.24) is 4.90 Å². The maximum atomic E-state index is 14.1. The van der Waals surface area contributed by atoms with Crippen LogP contribution in [0.1, 0.15) is 21.5 Å². The molecule has 2 amide bonds. The van der Waals surface area contributed by atoms with E-state index in [-0.39, 0.29) is 17.6 Å². The standard InChI is InChI=1S/C28H26FN3O2S/c1-19-6-5-7-20(16-19)17-26-28(34)30(2)24-18-21(10-11-25(24)35-26)27(33)32-14-12-31(13-15-32)23-9-4-3-8-22(23)29/h3-11,16-18H,12-15H2,1-2H3. The number of piperazine rings is 1. The summed E-state index contributed by atoms with van der Waals surface area (Å²) in [5.41, 5.74) is 3.98. The van der Waals surface area contributed by atoms with E-state index in [0.717, 1.165) is 21.7 Å². The Morgan fingerprint density at radius 2 is 1.71 bits per heavy atom. The minimum Gasteiger partial charge on any atom is -0.366 e. The number of thioether (sulfide) groups is 1. The third-order valence-corrected chi connectivity index (χ3v) is 7.48. The largest absolute Gasteiger partial charge is 0.366 e. The number of likely N-dealkylation sites (N-methyl/N-ethyl adjacent to an activating group) is 1. The molecule has 0 bridgehead atoms. The van der Waals surface area contributed by atoms with Gasteiger partial charge >= 0.3 is 0 Å². The van der Waals surface area contributed by atoms with Crippen LogP contribution in [0.3, 0.4) is 0 Å². The van der Waals surface area contributed by atoms with Crippen LogP contribution in [0.25, 0.3) is 6.08 Å². The summed E-state index contributed by atoms with van der Waals surface area (Å²) in [7, 11) is 1.74. The molecule has 0 spiro atoms. The molecule has 0 aliphatic carbocycles. The van der Waals surface area contributed by atoms with Gasteiger partial charge in [0.2, 0.25) is 0 Å². The van der Waals surface area contributed by atoms with Gasteiger partial charge in [0.1, 0.15) is 5.82 Å². The van der Waals surface area contributed by atoms with Gasteiger partial charge in [-0.15, -0.1) is 0 Å². The molecule has 178 valence electrons. The number of fused-ring (bicyclic) bond motifs is 1. The first-order chi connectivity index (χ1) is 16.9. The number of carbonyl (C=O) groups is 2. The zero-order valence-corrected chi connectivity index (χ0v) is 20.5. The predicted octanol–water partition coefficient (Wildman–Crippen LogP) is 5.21. The van der Waals surface area contributed by atoms with Gasteiger partial charge in [-0.3, -0.25) is 9.59 Å². The molecule has 3 aromatic rings. The molecule has 35 heavy (non-hydrogen) atoms. The molecule has 1 fully saturated rings. The van der Waals surface area contributed by atoms with Crippen molar-refractivity contribution in [3.63, 3.8) is 0 Å². The van der Waals surface area contributed by atoms with Crippen molar-refractivity contribution >= 4 is 41.0 Å². The van der Waals surface area contributed by atoms with E-state index < -0.39 is 0 Å². The van der Waals surface area contributed by atoms with Gasteiger partial charge in [-0.1, -0.05) is 53.7 Å². The first kappa shape index (κ1) is 23.2. The highest BCUT2D eigenvalue weighted by Gasteiger charge is 2.29. The Bertz CT molecular complexity index is 1330. The first-order valence-electron chi connectivity index (χ1n) is 11.6. The molecular formula is C28H26FN3O2S. The summed E-state index contributed by atoms with van der Waals surface area (Å²) in [4.78, 5) is 33.3. The van der Waals surface area contributed by atoms with E-state index in [1.54, 1.807) is 35.0 Å². The van der Waals surface area contributed by atoms with Crippen LogP contribution in [0.15, 0.2) is 76.5 Å². The number of amides is 2. The van der Waals surface area contributed by atoms with Gasteiger partial charge in [0.15, 0.2) is 0 Å². The molecule has 0 aromatic heterocycles. The van der Waals surface area contributed by atoms with E-state index in [9.17, 15) is 14.0 Å². The van der Waals surface area contributed by atoms with Crippen molar-refractivity contribution in [3.8, 4) is 0 Å². The van der Waals surface area contributed by atoms with Crippen LogP contribution in [0, 0.1) is 12.7 Å². The highest BCUT2D eigenvalue weighted by atomic mass is 32.2. The van der Waals surface area contributed by atoms with Crippen molar-refractivity contribution in [2.75, 3.05) is 43.0 Å². The number of nitrogens with zero attached hydrogens (tertiary/aromatic N) is 3. The third kappa shape index (κ3) is 4.68. The summed E-state index contributed by atoms with van der Waals surface area (Å²) in [5, 5.41) is 0. The molecule has 3 aromatic carbocycles. The zero-order chi connectivity index (χ0) is 24.5. The maximum Gasteiger partial charge on any atom is 0.264 e. The van der Waals surface area contributed by atoms with Gasteiger partial charge in [-0.25, -0.2) is 4.39 Å². The Morgan fingerprint density at radius 1 is 0.943 bits per heavy atom. The highest BCUT2D eigenvalue weighted by Crippen LogP contribution is 2.42. The normalized spacial score (nSPS) is 17.1. The number of para-hydroxylation sites is 1. The Labute approximate surface area is 208 Å². The van der Waals surface area contributed by atoms with Crippen LogP contribution in [0.4, 0.5) is 15.8 Å². The van der Waals surface area contributed by atoms with Crippen molar-refractivity contribution in [3.05, 3.63) is 94.1 Å². The van der Waals surface area contributed by atoms with Gasteiger partial charge in [-0.2, -0.15) is 0 Å². The summed E-state index contributed by atoms with van der Waals surface area (Å²) in [6.07, 6.45) is 1.91. The van der Waals surface area contributed by atoms with Gasteiger partial charge < -0.3 is 14.7 Å². The Kier molecular flexibility index (Phi) is 6.34. The van der Waals surface area contributed by atoms with E-state index in [1.807, 2.05) is 60.4 Å². The lowest BCUT2D eigenvalue weighted by molar-refractivity contribution is -0.114. The van der Waals surface area contributed by atoms with E-state index >= 15 is 0 Å². The van der Waals surface area contributed by atoms with Gasteiger partial charge in [0.25, 0.3) is 11.8 Å². The summed E-state index contributed by atoms with van der Waals surface area (Å²) >= 11 is 1.43. The second-order valence-electron chi connectivity index (χ2n) is 8.80. The minimum absolute atomic E-state index is 0.0760. The van der Waals surface area contributed by atoms with Crippen LogP contribution in [0.2, 0.25) is 0 Å². The average molecular weight is 488 g/mol. The monoisotopic (exact) mass is 487 g/mol. The topological polar surface area (TPSA) is 43.9 Å². The van der Waals surface area contributed by atoms with Crippen LogP contribution >= 0.6 is 11.8 Å². The number of hydrogen-bond donors (Lipinski definition) is 0. The molecule has 5 nitrogen and oxygen atoms in total. The summed E-state index contributed by atoms with van der Waals surface area (Å²) < 4.78 is 14.1. The summed E-state index contributed by atoms with van der Waals surface area (Å²) in [5.74, 6) is -0.414. The Hall–Kier alpha value is -3.58. The Balaban J connectivity index is 1.32. The van der Waals surface area contributed by atoms with Crippen molar-refractivity contribution in [2.45, 2.75) is 11.8 Å². The van der Waals surface area contributed by atoms with E-state index in [4.69, 9.17) is 0 Å². The van der Waals surface area contributed by atoms with Crippen molar-refractivity contribution in [1.29, 1.82) is 0 Å². The van der Waals surface area contributed by atoms with E-state index in [1.165, 1.54) is 17.8 Å². The minimum atomic E-state index is -0.247. The van der Waals surface area contributed by atoms with Crippen LogP contribution in [-0.2, 0) is 4.79 Å². The molecule has 0 unspecified atom stereocenters. The molecule has 0 N–H and O–H groups in total. The van der Waals surface area contributed by atoms with Crippen LogP contribution < -0.4 is 9.80 Å². The number of rotatable bonds is 3. The van der Waals surface area contributed by atoms with Gasteiger partial charge in [0, 0.05) is 43.7 Å². The lowest BCUT2D eigenvalue weighted by atomic mass is 10.1. The maximum absolute atomic E-state index is 14.1. The first-order valence-corrected chi connectivity index (χ1v) is 12.4. The molecule has 2 aliphatic heterocycles. The number of hydrogen-bond acceptors (Lipinski definition) is 4. The fraction of sp³-hybridized carbons (Fsp3) is 0.214. The second kappa shape index (κ2) is 9.58. The molecule has 5 rings (SSSR count). The van der Waals surface area contributed by atoms with E-state index in [0.29, 0.717) is 42.3 Å². The lowest BCUT2D eigenvalue weighted by Crippen LogP contribution is -2.49. The molecule has 1 saturated heterocycles. The van der Waals surface area contributed by atoms with Crippen molar-refractivity contribution in [2.24, 2.45) is 0 Å². The second-order valence-corrected chi connectivity index (χ2v) is 9.89. The molecule has 2 aliphatic rings. The van der Waals surface area contributed by atoms with Crippen molar-refractivity contribution < 1.29 is 14.0 Å². The molecule has 2 heterocycles. The number of carbonyl (C=O) groups excluding carboxylic acids is 2. The summed E-state index contributed by atoms with van der Waals surface area (Å²) in [6.45, 7) is 4.18. The quantitative estimate of drug-likeness (QED) is 0.476. The molecule has 0 saturated carbocycles. The molecule has 7 heteroatoms. The SMILES string of the molecule is Cc1cccc(C=C2Sc3ccc(C(=O)N4CCN(c5ccccc5F)CC4)cc3N(C)C2=O)c1. The average Bonchev–Trinajstić information content (AvgIpc) is 2.87. The fourth-order valence-electron chi connectivity index (χ4n) is 4.48. The Morgan fingerprint density at radius 3 is 2.46 bits per heavy atom. The van der Waals surface area contributed by atoms with Gasteiger partial charge in [0.05, 0.1) is 16.3 Å². The lowest BCUT2D eigenvalue weighted by Gasteiger charge is -2.36. The number of benzene rings is 3. The molecule has 0 atom stereocenters. The summed E-state index contributed by atoms with van der Waals surface area (Å²) in [6, 6.07) is 20.3. The third-order valence-electron chi connectivity index (χ3n) is 6.40. The van der Waals surface area contributed by atoms with Crippen LogP contribution in [0.5, 0.6) is 0 Å². The highest BCUT2D eigenvalue weighted by molar-refractivity contribution is 8.04. The van der Waals surface area contributed by atoms with Crippen LogP contribution in [-0.4, -0.2) is 49.9 Å². The smallest absolute Gasteiger partial charge is 0.264 e. The number of anilines is 2. The molecular weight excluding hydrogens is 461 g/mol. The van der Waals surface area contributed by atoms with Gasteiger partial charge in [-0.05, 0) is 48.9 Å². The van der Waals surface area contributed by atoms with E-state index in [2.05, 4.69) is 0 Å². The molecule has 0 radical (unpaired) electrons. The number of halogens is 1. The zero-order valence-electron chi connectivity index (χ0n) is 19.7. The predicted molar refractivity (Wildman–Crippen MR) is 139 cm³/mol. The fourth-order valence-corrected chi connectivity index (χ4v) is 5.57. The number of aryl methyl sites for hydroxylation is 1.